The molecule has 2 aromatic rings. The van der Waals surface area contributed by atoms with E-state index in [1.54, 1.807) is 11.8 Å². The molecule has 3 unspecified atom stereocenters. The van der Waals surface area contributed by atoms with Crippen LogP contribution in [0.4, 0.5) is 11.4 Å². The van der Waals surface area contributed by atoms with Gasteiger partial charge in [-0.05, 0) is 107 Å². The Bertz CT molecular complexity index is 1070. The van der Waals surface area contributed by atoms with Crippen molar-refractivity contribution < 1.29 is 9.47 Å². The van der Waals surface area contributed by atoms with Gasteiger partial charge in [-0.2, -0.15) is 14.9 Å². The highest BCUT2D eigenvalue weighted by Gasteiger charge is 2.04. The lowest BCUT2D eigenvalue weighted by Gasteiger charge is -2.16. The number of likely N-dealkylation sites (N-methyl/N-ethyl adjacent to an activating group) is 2. The second-order valence-corrected chi connectivity index (χ2v) is 12.7. The molecule has 10 nitrogen and oxygen atoms in total. The third kappa shape index (κ3) is 28.2. The smallest absolute Gasteiger partial charge is 0.172 e. The Kier molecular flexibility index (Phi) is 32.6. The molecular formula is C27H49ClN8O2P2S4. The molecule has 0 bridgehead atoms. The van der Waals surface area contributed by atoms with Gasteiger partial charge in [-0.3, -0.25) is 5.41 Å². The standard InChI is InChI=1S/C13H23N4OPS2.C11H14N2OS.C3H8N2S.ClH.H3P/c1-17(2)7-8-18-11-5-3-10(4-6-11)15-13(20)16-12(14)21-9-19;1-13(2)7-8-14-11-5-3-10(4-6-11)12-9-15;1-2-6-3(4)5;;/h3-6,12H,7-9,14,19H2,1-2H3,(H2,15,16,20);3-6H,7-8H2,1-2H3;2H2,1H3,(H3,4,5);1H;1H3. The highest BCUT2D eigenvalue weighted by molar-refractivity contribution is 8.13. The fourth-order valence-electron chi connectivity index (χ4n) is 2.59. The Hall–Kier alpha value is -1.27. The number of nitrogens with one attached hydrogen (secondary N) is 3. The number of halogens is 1. The maximum absolute atomic E-state index is 6.64. The number of aliphatic imine (C=N–C) groups is 1. The zero-order chi connectivity index (χ0) is 31.8. The van der Waals surface area contributed by atoms with Crippen molar-refractivity contribution >= 4 is 106 Å². The largest absolute Gasteiger partial charge is 0.492 e. The summed E-state index contributed by atoms with van der Waals surface area (Å²) in [4.78, 5) is 8.01. The first-order valence-corrected chi connectivity index (χ1v) is 16.6. The fraction of sp³-hybridized carbons (Fsp3) is 0.444. The number of hydrogen-bond acceptors (Lipinski definition) is 11. The van der Waals surface area contributed by atoms with Crippen LogP contribution < -0.4 is 31.6 Å². The average Bonchev–Trinajstić information content (AvgIpc) is 2.91. The van der Waals surface area contributed by atoms with Gasteiger partial charge in [-0.1, -0.05) is 18.7 Å². The SMILES string of the molecule is CCSC(=N)N.CN(C)CCOc1ccc(N=C=S)cc1.CN(C)CCOc1ccc(NC(=S)NC(N)SCP)cc1.Cl.P. The van der Waals surface area contributed by atoms with Crippen LogP contribution in [0.15, 0.2) is 53.5 Å². The summed E-state index contributed by atoms with van der Waals surface area (Å²) in [6.07, 6.45) is 0. The predicted octanol–water partition coefficient (Wildman–Crippen LogP) is 5.20. The molecule has 2 aromatic carbocycles. The van der Waals surface area contributed by atoms with Crippen molar-refractivity contribution in [2.24, 2.45) is 16.5 Å². The van der Waals surface area contributed by atoms with Gasteiger partial charge in [0.25, 0.3) is 0 Å². The summed E-state index contributed by atoms with van der Waals surface area (Å²) in [7, 11) is 10.7. The maximum Gasteiger partial charge on any atom is 0.172 e. The molecule has 0 aliphatic rings. The van der Waals surface area contributed by atoms with Gasteiger partial charge < -0.3 is 41.4 Å². The predicted molar refractivity (Wildman–Crippen MR) is 214 cm³/mol. The second-order valence-electron chi connectivity index (χ2n) is 8.67. The molecule has 0 amide bonds. The number of isothiocyanates is 1. The van der Waals surface area contributed by atoms with Crippen molar-refractivity contribution in [3.8, 4) is 11.5 Å². The second kappa shape index (κ2) is 30.4. The summed E-state index contributed by atoms with van der Waals surface area (Å²) in [6, 6.07) is 15.1. The van der Waals surface area contributed by atoms with Crippen molar-refractivity contribution in [3.05, 3.63) is 48.5 Å². The number of thiocarbonyl (C=S) groups is 2. The molecule has 0 aliphatic heterocycles. The zero-order valence-corrected chi connectivity index (χ0v) is 32.7. The number of ether oxygens (including phenoxy) is 2. The number of anilines is 1. The monoisotopic (exact) mass is 742 g/mol. The van der Waals surface area contributed by atoms with Crippen molar-refractivity contribution in [2.45, 2.75) is 12.4 Å². The van der Waals surface area contributed by atoms with Crippen molar-refractivity contribution in [3.63, 3.8) is 0 Å². The Morgan fingerprint density at radius 1 is 1.02 bits per heavy atom. The molecule has 0 spiro atoms. The highest BCUT2D eigenvalue weighted by atomic mass is 35.5. The molecule has 0 aliphatic carbocycles. The van der Waals surface area contributed by atoms with Crippen LogP contribution in [-0.4, -0.2) is 96.5 Å². The lowest BCUT2D eigenvalue weighted by molar-refractivity contribution is 0.261. The summed E-state index contributed by atoms with van der Waals surface area (Å²) in [5.41, 5.74) is 13.1. The summed E-state index contributed by atoms with van der Waals surface area (Å²) in [5.74, 6) is 2.59. The van der Waals surface area contributed by atoms with Gasteiger partial charge in [-0.15, -0.1) is 33.4 Å². The number of nitrogens with two attached hydrogens (primary N) is 2. The molecule has 0 fully saturated rings. The third-order valence-electron chi connectivity index (χ3n) is 4.59. The Morgan fingerprint density at radius 2 is 1.50 bits per heavy atom. The van der Waals surface area contributed by atoms with Crippen LogP contribution in [-0.2, 0) is 0 Å². The Balaban J connectivity index is -0.000000640. The molecular weight excluding hydrogens is 694 g/mol. The van der Waals surface area contributed by atoms with E-state index in [0.717, 1.165) is 47.2 Å². The van der Waals surface area contributed by atoms with Gasteiger partial charge in [0.05, 0.1) is 10.8 Å². The van der Waals surface area contributed by atoms with Gasteiger partial charge in [0.2, 0.25) is 0 Å². The first-order valence-electron chi connectivity index (χ1n) is 12.9. The summed E-state index contributed by atoms with van der Waals surface area (Å²) >= 11 is 12.6. The third-order valence-corrected chi connectivity index (χ3v) is 6.74. The minimum absolute atomic E-state index is 0. The van der Waals surface area contributed by atoms with E-state index < -0.39 is 0 Å². The van der Waals surface area contributed by atoms with Crippen LogP contribution >= 0.6 is 79.5 Å². The van der Waals surface area contributed by atoms with Crippen LogP contribution in [0.1, 0.15) is 6.92 Å². The zero-order valence-electron chi connectivity index (χ0n) is 26.1. The lowest BCUT2D eigenvalue weighted by atomic mass is 10.3. The highest BCUT2D eigenvalue weighted by Crippen LogP contribution is 2.18. The maximum atomic E-state index is 6.64. The van der Waals surface area contributed by atoms with E-state index in [-0.39, 0.29) is 33.0 Å². The number of hydrogen-bond donors (Lipinski definition) is 5. The number of nitrogens with zero attached hydrogens (tertiary/aromatic N) is 3. The number of amidine groups is 1. The van der Waals surface area contributed by atoms with Crippen LogP contribution in [0.3, 0.4) is 0 Å². The number of benzene rings is 2. The van der Waals surface area contributed by atoms with E-state index in [2.05, 4.69) is 52.0 Å². The van der Waals surface area contributed by atoms with Gasteiger partial charge >= 0.3 is 0 Å². The average molecular weight is 743 g/mol. The minimum Gasteiger partial charge on any atom is -0.492 e. The molecule has 0 radical (unpaired) electrons. The van der Waals surface area contributed by atoms with Crippen molar-refractivity contribution in [2.75, 3.05) is 71.1 Å². The van der Waals surface area contributed by atoms with E-state index in [4.69, 9.17) is 38.6 Å². The normalized spacial score (nSPS) is 10.2. The van der Waals surface area contributed by atoms with E-state index >= 15 is 0 Å². The molecule has 7 N–H and O–H groups in total. The number of thioether (sulfide) groups is 2. The fourth-order valence-corrected chi connectivity index (χ4v) is 4.36. The molecule has 17 heteroatoms. The number of rotatable bonds is 14. The first-order chi connectivity index (χ1) is 20.0. The summed E-state index contributed by atoms with van der Waals surface area (Å²) in [6.45, 7) is 5.11. The van der Waals surface area contributed by atoms with E-state index in [0.29, 0.717) is 18.3 Å². The van der Waals surface area contributed by atoms with E-state index in [1.807, 2.05) is 83.6 Å². The van der Waals surface area contributed by atoms with Gasteiger partial charge in [0, 0.05) is 24.3 Å². The molecule has 2 rings (SSSR count). The summed E-state index contributed by atoms with van der Waals surface area (Å²) < 4.78 is 11.1. The molecule has 3 atom stereocenters. The molecule has 0 saturated heterocycles. The van der Waals surface area contributed by atoms with Gasteiger partial charge in [0.15, 0.2) is 10.3 Å². The first kappa shape index (κ1) is 47.1. The lowest BCUT2D eigenvalue weighted by Crippen LogP contribution is -2.41. The topological polar surface area (TPSA) is 137 Å². The van der Waals surface area contributed by atoms with E-state index in [1.165, 1.54) is 11.8 Å². The van der Waals surface area contributed by atoms with Gasteiger partial charge in [0.1, 0.15) is 30.2 Å². The molecule has 44 heavy (non-hydrogen) atoms. The van der Waals surface area contributed by atoms with E-state index in [9.17, 15) is 0 Å². The Morgan fingerprint density at radius 3 is 1.86 bits per heavy atom. The van der Waals surface area contributed by atoms with Gasteiger partial charge in [-0.25, -0.2) is 0 Å². The van der Waals surface area contributed by atoms with Crippen molar-refractivity contribution in [1.82, 2.24) is 15.1 Å². The quantitative estimate of drug-likeness (QED) is 0.0573. The molecule has 250 valence electrons. The Labute approximate surface area is 294 Å². The van der Waals surface area contributed by atoms with Crippen LogP contribution in [0.5, 0.6) is 11.5 Å². The van der Waals surface area contributed by atoms with Crippen LogP contribution in [0.2, 0.25) is 0 Å². The van der Waals surface area contributed by atoms with Crippen LogP contribution in [0.25, 0.3) is 0 Å². The van der Waals surface area contributed by atoms with Crippen molar-refractivity contribution in [1.29, 1.82) is 5.41 Å². The minimum atomic E-state index is -0.212. The summed E-state index contributed by atoms with van der Waals surface area (Å²) in [5, 5.41) is 15.8. The molecule has 0 heterocycles. The molecule has 0 aromatic heterocycles. The van der Waals surface area contributed by atoms with Crippen LogP contribution in [0, 0.1) is 5.41 Å². The molecule has 0 saturated carbocycles.